The zero-order valence-corrected chi connectivity index (χ0v) is 26.7. The molecule has 0 aliphatic heterocycles. The number of para-hydroxylation sites is 1. The molecule has 228 valence electrons. The van der Waals surface area contributed by atoms with Gasteiger partial charge in [-0.05, 0) is 95.7 Å². The topological polar surface area (TPSA) is 48.4 Å². The molecule has 0 spiro atoms. The zero-order valence-electron chi connectivity index (χ0n) is 26.7. The maximum absolute atomic E-state index is 5.29. The van der Waals surface area contributed by atoms with E-state index in [-0.39, 0.29) is 0 Å². The van der Waals surface area contributed by atoms with Crippen LogP contribution in [0.5, 0.6) is 0 Å². The van der Waals surface area contributed by atoms with Crippen molar-refractivity contribution in [3.63, 3.8) is 0 Å². The van der Waals surface area contributed by atoms with Gasteiger partial charge in [-0.3, -0.25) is 4.98 Å². The van der Waals surface area contributed by atoms with Gasteiger partial charge in [-0.1, -0.05) is 76.2 Å². The first-order valence-electron chi connectivity index (χ1n) is 16.5. The SMILES string of the molecule is CCN(CC)CCCNCc1cc2c3ccccc3n(CCCc3ccccc3)c2c(CNCCCN(CC)CC)n1. The first-order valence-corrected chi connectivity index (χ1v) is 16.5. The molecule has 2 aromatic heterocycles. The number of rotatable bonds is 20. The van der Waals surface area contributed by atoms with E-state index in [2.05, 4.69) is 113 Å². The van der Waals surface area contributed by atoms with Crippen molar-refractivity contribution in [1.29, 1.82) is 0 Å². The third kappa shape index (κ3) is 8.87. The lowest BCUT2D eigenvalue weighted by molar-refractivity contribution is 0.297. The molecule has 0 fully saturated rings. The first-order chi connectivity index (χ1) is 20.7. The molecule has 0 radical (unpaired) electrons. The molecule has 0 aliphatic carbocycles. The Hall–Kier alpha value is -2.77. The number of aryl methyl sites for hydroxylation is 2. The van der Waals surface area contributed by atoms with Gasteiger partial charge in [-0.15, -0.1) is 0 Å². The van der Waals surface area contributed by atoms with Crippen LogP contribution in [0.2, 0.25) is 0 Å². The minimum Gasteiger partial charge on any atom is -0.339 e. The zero-order chi connectivity index (χ0) is 29.6. The Morgan fingerprint density at radius 3 is 1.98 bits per heavy atom. The highest BCUT2D eigenvalue weighted by Gasteiger charge is 2.17. The fourth-order valence-electron chi connectivity index (χ4n) is 6.10. The molecule has 0 unspecified atom stereocenters. The number of benzene rings is 2. The fraction of sp³-hybridized carbons (Fsp3) is 0.528. The monoisotopic (exact) mass is 570 g/mol. The van der Waals surface area contributed by atoms with Crippen LogP contribution in [0.3, 0.4) is 0 Å². The van der Waals surface area contributed by atoms with Gasteiger partial charge in [-0.25, -0.2) is 0 Å². The predicted molar refractivity (Wildman–Crippen MR) is 180 cm³/mol. The summed E-state index contributed by atoms with van der Waals surface area (Å²) >= 11 is 0. The number of fused-ring (bicyclic) bond motifs is 3. The number of hydrogen-bond donors (Lipinski definition) is 2. The van der Waals surface area contributed by atoms with Gasteiger partial charge >= 0.3 is 0 Å². The molecule has 2 N–H and O–H groups in total. The summed E-state index contributed by atoms with van der Waals surface area (Å²) in [6, 6.07) is 22.1. The summed E-state index contributed by atoms with van der Waals surface area (Å²) < 4.78 is 2.54. The summed E-state index contributed by atoms with van der Waals surface area (Å²) in [5.41, 5.74) is 6.32. The Bertz CT molecular complexity index is 1320. The van der Waals surface area contributed by atoms with Gasteiger partial charge in [0, 0.05) is 35.9 Å². The Morgan fingerprint density at radius 1 is 0.690 bits per heavy atom. The van der Waals surface area contributed by atoms with E-state index in [0.29, 0.717) is 0 Å². The molecule has 0 saturated carbocycles. The quantitative estimate of drug-likeness (QED) is 0.119. The van der Waals surface area contributed by atoms with Crippen LogP contribution in [0, 0.1) is 0 Å². The molecule has 0 amide bonds. The van der Waals surface area contributed by atoms with Crippen molar-refractivity contribution in [3.8, 4) is 0 Å². The summed E-state index contributed by atoms with van der Waals surface area (Å²) in [6.45, 7) is 20.3. The van der Waals surface area contributed by atoms with Crippen molar-refractivity contribution in [2.24, 2.45) is 0 Å². The number of nitrogens with one attached hydrogen (secondary N) is 2. The third-order valence-corrected chi connectivity index (χ3v) is 8.61. The lowest BCUT2D eigenvalue weighted by Crippen LogP contribution is -2.27. The van der Waals surface area contributed by atoms with Crippen LogP contribution in [-0.4, -0.2) is 71.7 Å². The summed E-state index contributed by atoms with van der Waals surface area (Å²) in [6.07, 6.45) is 4.49. The smallest absolute Gasteiger partial charge is 0.0788 e. The summed E-state index contributed by atoms with van der Waals surface area (Å²) in [4.78, 5) is 10.3. The van der Waals surface area contributed by atoms with Gasteiger partial charge in [0.15, 0.2) is 0 Å². The molecule has 2 aromatic carbocycles. The third-order valence-electron chi connectivity index (χ3n) is 8.61. The Labute approximate surface area is 254 Å². The summed E-state index contributed by atoms with van der Waals surface area (Å²) in [5.74, 6) is 0. The average molecular weight is 571 g/mol. The molecule has 0 aliphatic rings. The minimum absolute atomic E-state index is 0.791. The summed E-state index contributed by atoms with van der Waals surface area (Å²) in [5, 5.41) is 10.1. The van der Waals surface area contributed by atoms with Crippen LogP contribution >= 0.6 is 0 Å². The highest BCUT2D eigenvalue weighted by atomic mass is 15.1. The van der Waals surface area contributed by atoms with Gasteiger partial charge in [0.05, 0.1) is 16.9 Å². The largest absolute Gasteiger partial charge is 0.339 e. The van der Waals surface area contributed by atoms with Crippen LogP contribution in [0.25, 0.3) is 21.8 Å². The maximum atomic E-state index is 5.29. The molecule has 0 bridgehead atoms. The van der Waals surface area contributed by atoms with E-state index in [1.54, 1.807) is 0 Å². The van der Waals surface area contributed by atoms with Crippen LogP contribution in [-0.2, 0) is 26.1 Å². The molecule has 4 rings (SSSR count). The number of pyridine rings is 1. The van der Waals surface area contributed by atoms with Gasteiger partial charge in [0.2, 0.25) is 0 Å². The van der Waals surface area contributed by atoms with Gasteiger partial charge in [0.25, 0.3) is 0 Å². The van der Waals surface area contributed by atoms with E-state index < -0.39 is 0 Å². The second-order valence-corrected chi connectivity index (χ2v) is 11.3. The molecule has 0 saturated heterocycles. The van der Waals surface area contributed by atoms with E-state index in [1.165, 1.54) is 33.1 Å². The molecular formula is C36H54N6. The molecule has 2 heterocycles. The lowest BCUT2D eigenvalue weighted by Gasteiger charge is -2.18. The fourth-order valence-corrected chi connectivity index (χ4v) is 6.10. The van der Waals surface area contributed by atoms with Crippen molar-refractivity contribution in [3.05, 3.63) is 77.6 Å². The minimum atomic E-state index is 0.791. The molecule has 4 aromatic rings. The van der Waals surface area contributed by atoms with Crippen LogP contribution in [0.1, 0.15) is 63.9 Å². The molecule has 6 heteroatoms. The van der Waals surface area contributed by atoms with Crippen molar-refractivity contribution in [1.82, 2.24) is 30.0 Å². The molecule has 42 heavy (non-hydrogen) atoms. The lowest BCUT2D eigenvalue weighted by atomic mass is 10.1. The van der Waals surface area contributed by atoms with E-state index in [1.807, 2.05) is 0 Å². The maximum Gasteiger partial charge on any atom is 0.0788 e. The number of aromatic nitrogens is 2. The van der Waals surface area contributed by atoms with Crippen LogP contribution in [0.4, 0.5) is 0 Å². The van der Waals surface area contributed by atoms with Crippen molar-refractivity contribution in [2.75, 3.05) is 52.4 Å². The van der Waals surface area contributed by atoms with E-state index in [0.717, 1.165) is 103 Å². The van der Waals surface area contributed by atoms with Crippen LogP contribution in [0.15, 0.2) is 60.7 Å². The van der Waals surface area contributed by atoms with Gasteiger partial charge < -0.3 is 25.0 Å². The second-order valence-electron chi connectivity index (χ2n) is 11.3. The number of hydrogen-bond acceptors (Lipinski definition) is 5. The Kier molecular flexibility index (Phi) is 13.3. The van der Waals surface area contributed by atoms with Crippen molar-refractivity contribution in [2.45, 2.75) is 73.0 Å². The van der Waals surface area contributed by atoms with Crippen LogP contribution < -0.4 is 10.6 Å². The predicted octanol–water partition coefficient (Wildman–Crippen LogP) is 6.47. The first kappa shape index (κ1) is 32.2. The Morgan fingerprint density at radius 2 is 1.31 bits per heavy atom. The standard InChI is InChI=1S/C36H54N6/c1-5-40(6-2)24-15-22-37-28-31-27-33-32-20-12-13-21-35(32)42(26-14-19-30-17-10-9-11-18-30)36(33)34(39-31)29-38-23-16-25-41(7-3)8-4/h9-13,17-18,20-21,27,37-38H,5-8,14-16,19,22-26,28-29H2,1-4H3. The van der Waals surface area contributed by atoms with Gasteiger partial charge in [-0.2, -0.15) is 0 Å². The Balaban J connectivity index is 1.55. The molecular weight excluding hydrogens is 516 g/mol. The molecule has 0 atom stereocenters. The van der Waals surface area contributed by atoms with E-state index >= 15 is 0 Å². The second kappa shape index (κ2) is 17.4. The molecule has 6 nitrogen and oxygen atoms in total. The van der Waals surface area contributed by atoms with Gasteiger partial charge in [0.1, 0.15) is 0 Å². The highest BCUT2D eigenvalue weighted by Crippen LogP contribution is 2.32. The highest BCUT2D eigenvalue weighted by molar-refractivity contribution is 6.08. The normalized spacial score (nSPS) is 12.0. The summed E-state index contributed by atoms with van der Waals surface area (Å²) in [7, 11) is 0. The van der Waals surface area contributed by atoms with Crippen molar-refractivity contribution >= 4 is 21.8 Å². The average Bonchev–Trinajstić information content (AvgIpc) is 3.35. The van der Waals surface area contributed by atoms with E-state index in [4.69, 9.17) is 4.98 Å². The van der Waals surface area contributed by atoms with Crippen molar-refractivity contribution < 1.29 is 0 Å². The number of nitrogens with zero attached hydrogens (tertiary/aromatic N) is 4. The van der Waals surface area contributed by atoms with E-state index in [9.17, 15) is 0 Å².